The molecule has 0 radical (unpaired) electrons. The summed E-state index contributed by atoms with van der Waals surface area (Å²) in [5.41, 5.74) is -1.39. The number of halogens is 5. The van der Waals surface area contributed by atoms with Crippen molar-refractivity contribution in [3.8, 4) is 11.8 Å². The maximum absolute atomic E-state index is 13.0. The van der Waals surface area contributed by atoms with Gasteiger partial charge in [0.25, 0.3) is 0 Å². The largest absolute Gasteiger partial charge is 0.483 e. The normalized spacial score (nSPS) is 12.9. The zero-order valence-corrected chi connectivity index (χ0v) is 16.9. The molecule has 0 saturated heterocycles. The lowest BCUT2D eigenvalue weighted by molar-refractivity contribution is -0.137. The number of aromatic nitrogens is 2. The Morgan fingerprint density at radius 2 is 1.96 bits per heavy atom. The molecule has 6 nitrogen and oxygen atoms in total. The van der Waals surface area contributed by atoms with Gasteiger partial charge >= 0.3 is 6.18 Å². The minimum Gasteiger partial charge on any atom is -0.483 e. The van der Waals surface area contributed by atoms with Gasteiger partial charge in [0.15, 0.2) is 17.9 Å². The van der Waals surface area contributed by atoms with Crippen LogP contribution in [0.5, 0.6) is 0 Å². The van der Waals surface area contributed by atoms with Crippen LogP contribution in [0.3, 0.4) is 0 Å². The Labute approximate surface area is 171 Å². The van der Waals surface area contributed by atoms with Crippen LogP contribution in [0, 0.1) is 11.3 Å². The first kappa shape index (κ1) is 22.2. The highest BCUT2D eigenvalue weighted by atomic mass is 35.5. The molecule has 0 fully saturated rings. The van der Waals surface area contributed by atoms with E-state index in [9.17, 15) is 22.6 Å². The maximum atomic E-state index is 13.0. The highest BCUT2D eigenvalue weighted by Crippen LogP contribution is 2.40. The molecule has 0 spiro atoms. The van der Waals surface area contributed by atoms with Crippen LogP contribution >= 0.6 is 23.2 Å². The maximum Gasteiger partial charge on any atom is 0.416 e. The monoisotopic (exact) mass is 452 g/mol. The Balaban J connectivity index is 2.80. The van der Waals surface area contributed by atoms with Crippen molar-refractivity contribution in [3.05, 3.63) is 33.4 Å². The molecule has 12 heteroatoms. The van der Waals surface area contributed by atoms with Gasteiger partial charge in [-0.3, -0.25) is 4.21 Å². The molecule has 0 aliphatic rings. The first-order valence-electron chi connectivity index (χ1n) is 7.77. The minimum absolute atomic E-state index is 0.00739. The third-order valence-corrected chi connectivity index (χ3v) is 5.32. The van der Waals surface area contributed by atoms with E-state index < -0.39 is 22.5 Å². The highest BCUT2D eigenvalue weighted by molar-refractivity contribution is 7.85. The molecule has 0 aliphatic carbocycles. The third kappa shape index (κ3) is 4.48. The van der Waals surface area contributed by atoms with Gasteiger partial charge < -0.3 is 4.74 Å². The highest BCUT2D eigenvalue weighted by Gasteiger charge is 2.33. The van der Waals surface area contributed by atoms with Crippen molar-refractivity contribution >= 4 is 46.2 Å². The minimum atomic E-state index is -4.65. The SMILES string of the molecule is CCOC=Nc1c(S(=O)CC)c(C#N)nn1-c1c(Cl)cc(C(F)(F)F)cc1Cl. The summed E-state index contributed by atoms with van der Waals surface area (Å²) in [6, 6.07) is 3.17. The van der Waals surface area contributed by atoms with E-state index in [1.54, 1.807) is 19.9 Å². The Kier molecular flexibility index (Phi) is 7.09. The van der Waals surface area contributed by atoms with E-state index in [0.29, 0.717) is 12.1 Å². The fourth-order valence-corrected chi connectivity index (χ4v) is 3.77. The average molecular weight is 453 g/mol. The van der Waals surface area contributed by atoms with E-state index in [4.69, 9.17) is 27.9 Å². The van der Waals surface area contributed by atoms with Gasteiger partial charge in [0, 0.05) is 5.75 Å². The predicted octanol–water partition coefficient (Wildman–Crippen LogP) is 4.89. The number of rotatable bonds is 6. The number of hydrogen-bond donors (Lipinski definition) is 0. The number of ether oxygens (including phenoxy) is 1. The summed E-state index contributed by atoms with van der Waals surface area (Å²) < 4.78 is 57.4. The van der Waals surface area contributed by atoms with Crippen molar-refractivity contribution in [1.29, 1.82) is 5.26 Å². The van der Waals surface area contributed by atoms with E-state index >= 15 is 0 Å². The topological polar surface area (TPSA) is 80.3 Å². The molecule has 28 heavy (non-hydrogen) atoms. The van der Waals surface area contributed by atoms with Gasteiger partial charge in [-0.05, 0) is 19.1 Å². The lowest BCUT2D eigenvalue weighted by Gasteiger charge is -2.13. The molecular formula is C16H13Cl2F3N4O2S. The lowest BCUT2D eigenvalue weighted by atomic mass is 10.2. The molecule has 0 N–H and O–H groups in total. The molecule has 2 rings (SSSR count). The van der Waals surface area contributed by atoms with Crippen molar-refractivity contribution < 1.29 is 22.1 Å². The van der Waals surface area contributed by atoms with Gasteiger partial charge in [0.1, 0.15) is 16.7 Å². The van der Waals surface area contributed by atoms with Crippen LogP contribution in [0.2, 0.25) is 10.0 Å². The van der Waals surface area contributed by atoms with Crippen molar-refractivity contribution in [1.82, 2.24) is 9.78 Å². The van der Waals surface area contributed by atoms with Crippen molar-refractivity contribution in [2.75, 3.05) is 12.4 Å². The number of nitrogens with zero attached hydrogens (tertiary/aromatic N) is 4. The first-order chi connectivity index (χ1) is 13.1. The van der Waals surface area contributed by atoms with E-state index in [0.717, 1.165) is 11.1 Å². The molecule has 1 heterocycles. The second-order valence-electron chi connectivity index (χ2n) is 5.14. The molecule has 2 aromatic rings. The summed E-state index contributed by atoms with van der Waals surface area (Å²) in [5, 5.41) is 12.6. The quantitative estimate of drug-likeness (QED) is 0.461. The van der Waals surface area contributed by atoms with E-state index in [1.165, 1.54) is 0 Å². The molecule has 1 atom stereocenters. The lowest BCUT2D eigenvalue weighted by Crippen LogP contribution is -2.07. The zero-order chi connectivity index (χ0) is 21.1. The van der Waals surface area contributed by atoms with Gasteiger partial charge in [-0.1, -0.05) is 30.1 Å². The number of alkyl halides is 3. The second-order valence-corrected chi connectivity index (χ2v) is 7.63. The summed E-state index contributed by atoms with van der Waals surface area (Å²) in [6.07, 6.45) is -3.60. The molecule has 0 bridgehead atoms. The van der Waals surface area contributed by atoms with E-state index in [-0.39, 0.29) is 44.5 Å². The number of nitriles is 1. The number of aliphatic imine (C=N–C) groups is 1. The van der Waals surface area contributed by atoms with Crippen molar-refractivity contribution in [2.24, 2.45) is 4.99 Å². The Hall–Kier alpha value is -2.09. The van der Waals surface area contributed by atoms with Gasteiger partial charge in [-0.2, -0.15) is 28.5 Å². The molecule has 0 aliphatic heterocycles. The Morgan fingerprint density at radius 3 is 2.43 bits per heavy atom. The molecule has 150 valence electrons. The zero-order valence-electron chi connectivity index (χ0n) is 14.5. The standard InChI is InChI=1S/C16H13Cl2F3N4O2S/c1-3-27-8-23-15-14(28(26)4-2)12(7-22)24-25(15)13-10(17)5-9(6-11(13)18)16(19,20)21/h5-6,8H,3-4H2,1-2H3. The van der Waals surface area contributed by atoms with Crippen LogP contribution < -0.4 is 0 Å². The predicted molar refractivity (Wildman–Crippen MR) is 100 cm³/mol. The van der Waals surface area contributed by atoms with Crippen molar-refractivity contribution in [3.63, 3.8) is 0 Å². The molecule has 1 aromatic heterocycles. The summed E-state index contributed by atoms with van der Waals surface area (Å²) in [6.45, 7) is 3.62. The molecule has 0 saturated carbocycles. The van der Waals surface area contributed by atoms with Crippen LogP contribution in [-0.2, 0) is 21.7 Å². The summed E-state index contributed by atoms with van der Waals surface area (Å²) >= 11 is 12.1. The fraction of sp³-hybridized carbons (Fsp3) is 0.312. The van der Waals surface area contributed by atoms with Gasteiger partial charge in [-0.15, -0.1) is 0 Å². The van der Waals surface area contributed by atoms with Crippen LogP contribution in [0.15, 0.2) is 22.0 Å². The second kappa shape index (κ2) is 8.94. The number of hydrogen-bond acceptors (Lipinski definition) is 5. The fourth-order valence-electron chi connectivity index (χ4n) is 2.18. The van der Waals surface area contributed by atoms with Gasteiger partial charge in [0.2, 0.25) is 0 Å². The van der Waals surface area contributed by atoms with Crippen LogP contribution in [0.25, 0.3) is 5.69 Å². The van der Waals surface area contributed by atoms with Gasteiger partial charge in [-0.25, -0.2) is 4.68 Å². The smallest absolute Gasteiger partial charge is 0.416 e. The van der Waals surface area contributed by atoms with Crippen molar-refractivity contribution in [2.45, 2.75) is 24.9 Å². The average Bonchev–Trinajstić information content (AvgIpc) is 2.98. The first-order valence-corrected chi connectivity index (χ1v) is 9.85. The molecular weight excluding hydrogens is 440 g/mol. The molecule has 1 unspecified atom stereocenters. The van der Waals surface area contributed by atoms with Gasteiger partial charge in [0.05, 0.1) is 33.0 Å². The molecule has 0 amide bonds. The van der Waals surface area contributed by atoms with Crippen LogP contribution in [0.1, 0.15) is 25.1 Å². The third-order valence-electron chi connectivity index (χ3n) is 3.39. The molecule has 1 aromatic carbocycles. The Bertz CT molecular complexity index is 960. The van der Waals surface area contributed by atoms with Crippen LogP contribution in [0.4, 0.5) is 19.0 Å². The summed E-state index contributed by atoms with van der Waals surface area (Å²) in [5.74, 6) is 0.0835. The summed E-state index contributed by atoms with van der Waals surface area (Å²) in [4.78, 5) is 4.04. The number of benzene rings is 1. The van der Waals surface area contributed by atoms with Crippen LogP contribution in [-0.4, -0.2) is 32.7 Å². The van der Waals surface area contributed by atoms with E-state index in [2.05, 4.69) is 10.1 Å². The Morgan fingerprint density at radius 1 is 1.36 bits per heavy atom. The van der Waals surface area contributed by atoms with E-state index in [1.807, 2.05) is 0 Å². The summed E-state index contributed by atoms with van der Waals surface area (Å²) in [7, 11) is -1.64.